The number of aryl methyl sites for hydroxylation is 1. The van der Waals surface area contributed by atoms with E-state index in [1.54, 1.807) is 12.1 Å². The highest BCUT2D eigenvalue weighted by Crippen LogP contribution is 2.35. The van der Waals surface area contributed by atoms with Gasteiger partial charge < -0.3 is 5.32 Å². The molecule has 1 aromatic rings. The Bertz CT molecular complexity index is 496. The maximum absolute atomic E-state index is 13.5. The summed E-state index contributed by atoms with van der Waals surface area (Å²) in [5.74, 6) is 1.37. The molecule has 0 radical (unpaired) electrons. The smallest absolute Gasteiger partial charge is 0.123 e. The van der Waals surface area contributed by atoms with Crippen LogP contribution in [0, 0.1) is 24.6 Å². The fourth-order valence-electron chi connectivity index (χ4n) is 3.54. The average molecular weight is 290 g/mol. The summed E-state index contributed by atoms with van der Waals surface area (Å²) in [5.41, 5.74) is 2.33. The zero-order chi connectivity index (χ0) is 15.0. The van der Waals surface area contributed by atoms with E-state index in [1.165, 1.54) is 18.4 Å². The molecule has 1 N–H and O–H groups in total. The van der Waals surface area contributed by atoms with Gasteiger partial charge >= 0.3 is 0 Å². The number of hydrogen-bond acceptors (Lipinski definition) is 2. The molecule has 21 heavy (non-hydrogen) atoms. The Labute approximate surface area is 127 Å². The third-order valence-electron chi connectivity index (χ3n) is 5.13. The van der Waals surface area contributed by atoms with Crippen LogP contribution in [0.4, 0.5) is 4.39 Å². The molecule has 116 valence electrons. The van der Waals surface area contributed by atoms with Crippen LogP contribution in [-0.2, 0) is 6.54 Å². The van der Waals surface area contributed by atoms with Gasteiger partial charge in [0.25, 0.3) is 0 Å². The summed E-state index contributed by atoms with van der Waals surface area (Å²) < 4.78 is 13.5. The zero-order valence-electron chi connectivity index (χ0n) is 13.4. The molecule has 2 fully saturated rings. The Balaban J connectivity index is 1.76. The lowest BCUT2D eigenvalue weighted by atomic mass is 9.95. The van der Waals surface area contributed by atoms with Crippen molar-refractivity contribution >= 4 is 0 Å². The van der Waals surface area contributed by atoms with Crippen LogP contribution >= 0.6 is 0 Å². The minimum absolute atomic E-state index is 0.120. The van der Waals surface area contributed by atoms with E-state index in [0.717, 1.165) is 31.1 Å². The summed E-state index contributed by atoms with van der Waals surface area (Å²) in [4.78, 5) is 2.58. The molecule has 2 aliphatic rings. The molecule has 1 aliphatic heterocycles. The van der Waals surface area contributed by atoms with E-state index in [9.17, 15) is 4.39 Å². The molecule has 1 aliphatic carbocycles. The van der Waals surface area contributed by atoms with Crippen LogP contribution in [-0.4, -0.2) is 30.1 Å². The van der Waals surface area contributed by atoms with Gasteiger partial charge in [-0.2, -0.15) is 0 Å². The highest BCUT2D eigenvalue weighted by molar-refractivity contribution is 5.26. The molecule has 2 unspecified atom stereocenters. The van der Waals surface area contributed by atoms with Crippen LogP contribution in [0.2, 0.25) is 0 Å². The zero-order valence-corrected chi connectivity index (χ0v) is 13.4. The lowest BCUT2D eigenvalue weighted by Gasteiger charge is -2.43. The van der Waals surface area contributed by atoms with E-state index in [1.807, 2.05) is 6.07 Å². The van der Waals surface area contributed by atoms with E-state index in [4.69, 9.17) is 0 Å². The van der Waals surface area contributed by atoms with Crippen LogP contribution in [0.25, 0.3) is 0 Å². The summed E-state index contributed by atoms with van der Waals surface area (Å²) in [6, 6.07) is 6.34. The fraction of sp³-hybridized carbons (Fsp3) is 0.667. The van der Waals surface area contributed by atoms with Crippen molar-refractivity contribution in [2.75, 3.05) is 13.1 Å². The first-order valence-electron chi connectivity index (χ1n) is 8.27. The molecule has 0 bridgehead atoms. The molecule has 0 aromatic heterocycles. The molecule has 1 saturated carbocycles. The van der Waals surface area contributed by atoms with E-state index < -0.39 is 0 Å². The predicted octanol–water partition coefficient (Wildman–Crippen LogP) is 3.34. The van der Waals surface area contributed by atoms with E-state index >= 15 is 0 Å². The van der Waals surface area contributed by atoms with E-state index in [0.29, 0.717) is 18.0 Å². The van der Waals surface area contributed by atoms with Gasteiger partial charge in [0.15, 0.2) is 0 Å². The molecule has 0 spiro atoms. The molecule has 2 atom stereocenters. The second-order valence-electron chi connectivity index (χ2n) is 7.16. The Morgan fingerprint density at radius 2 is 2.10 bits per heavy atom. The van der Waals surface area contributed by atoms with Crippen LogP contribution in [0.15, 0.2) is 18.2 Å². The molecule has 3 rings (SSSR count). The van der Waals surface area contributed by atoms with Gasteiger partial charge in [-0.05, 0) is 54.9 Å². The van der Waals surface area contributed by atoms with Crippen molar-refractivity contribution in [2.45, 2.75) is 52.2 Å². The van der Waals surface area contributed by atoms with Crippen molar-refractivity contribution in [1.82, 2.24) is 10.2 Å². The van der Waals surface area contributed by atoms with Crippen molar-refractivity contribution in [2.24, 2.45) is 11.8 Å². The van der Waals surface area contributed by atoms with Gasteiger partial charge in [-0.15, -0.1) is 0 Å². The summed E-state index contributed by atoms with van der Waals surface area (Å²) in [6.45, 7) is 9.69. The highest BCUT2D eigenvalue weighted by atomic mass is 19.1. The summed E-state index contributed by atoms with van der Waals surface area (Å²) in [6.07, 6.45) is 2.74. The van der Waals surface area contributed by atoms with Gasteiger partial charge in [0.05, 0.1) is 0 Å². The van der Waals surface area contributed by atoms with Gasteiger partial charge in [0.1, 0.15) is 5.82 Å². The lowest BCUT2D eigenvalue weighted by Crippen LogP contribution is -2.58. The topological polar surface area (TPSA) is 15.3 Å². The third-order valence-corrected chi connectivity index (χ3v) is 5.13. The Morgan fingerprint density at radius 1 is 1.33 bits per heavy atom. The van der Waals surface area contributed by atoms with Gasteiger partial charge in [0.2, 0.25) is 0 Å². The highest BCUT2D eigenvalue weighted by Gasteiger charge is 2.37. The van der Waals surface area contributed by atoms with E-state index in [2.05, 4.69) is 31.0 Å². The summed E-state index contributed by atoms with van der Waals surface area (Å²) in [5, 5.41) is 3.74. The Morgan fingerprint density at radius 3 is 2.76 bits per heavy atom. The van der Waals surface area contributed by atoms with E-state index in [-0.39, 0.29) is 5.82 Å². The molecular formula is C18H27FN2. The minimum Gasteiger partial charge on any atom is -0.311 e. The van der Waals surface area contributed by atoms with Gasteiger partial charge in [-0.25, -0.2) is 4.39 Å². The van der Waals surface area contributed by atoms with Crippen LogP contribution in [0.5, 0.6) is 0 Å². The number of nitrogens with one attached hydrogen (secondary N) is 1. The van der Waals surface area contributed by atoms with Gasteiger partial charge in [-0.3, -0.25) is 4.90 Å². The van der Waals surface area contributed by atoms with Crippen molar-refractivity contribution in [1.29, 1.82) is 0 Å². The maximum Gasteiger partial charge on any atom is 0.123 e. The van der Waals surface area contributed by atoms with Crippen molar-refractivity contribution in [3.05, 3.63) is 35.1 Å². The molecule has 3 heteroatoms. The lowest BCUT2D eigenvalue weighted by molar-refractivity contribution is 0.0849. The van der Waals surface area contributed by atoms with Gasteiger partial charge in [0, 0.05) is 31.7 Å². The van der Waals surface area contributed by atoms with Crippen molar-refractivity contribution in [3.63, 3.8) is 0 Å². The van der Waals surface area contributed by atoms with Crippen molar-refractivity contribution in [3.8, 4) is 0 Å². The molecule has 1 saturated heterocycles. The minimum atomic E-state index is -0.120. The summed E-state index contributed by atoms with van der Waals surface area (Å²) in [7, 11) is 0. The predicted molar refractivity (Wildman–Crippen MR) is 84.7 cm³/mol. The number of benzene rings is 1. The monoisotopic (exact) mass is 290 g/mol. The SMILES string of the molecule is Cc1ccc(F)cc1CN1CC(C2CC2)NCC1C(C)C. The molecule has 1 heterocycles. The molecular weight excluding hydrogens is 263 g/mol. The van der Waals surface area contributed by atoms with Crippen LogP contribution in [0.1, 0.15) is 37.8 Å². The third kappa shape index (κ3) is 3.46. The largest absolute Gasteiger partial charge is 0.311 e. The number of rotatable bonds is 4. The van der Waals surface area contributed by atoms with Crippen LogP contribution < -0.4 is 5.32 Å². The molecule has 0 amide bonds. The van der Waals surface area contributed by atoms with Gasteiger partial charge in [-0.1, -0.05) is 19.9 Å². The normalized spacial score (nSPS) is 27.3. The average Bonchev–Trinajstić information content (AvgIpc) is 3.27. The second-order valence-corrected chi connectivity index (χ2v) is 7.16. The first-order valence-corrected chi connectivity index (χ1v) is 8.27. The number of hydrogen-bond donors (Lipinski definition) is 1. The first-order chi connectivity index (χ1) is 10.0. The maximum atomic E-state index is 13.5. The van der Waals surface area contributed by atoms with Crippen LogP contribution in [0.3, 0.4) is 0 Å². The fourth-order valence-corrected chi connectivity index (χ4v) is 3.54. The summed E-state index contributed by atoms with van der Waals surface area (Å²) >= 11 is 0. The standard InChI is InChI=1S/C18H27FN2/c1-12(2)18-9-20-17(14-5-6-14)11-21(18)10-15-8-16(19)7-4-13(15)3/h4,7-8,12,14,17-18,20H,5-6,9-11H2,1-3H3. The molecule has 2 nitrogen and oxygen atoms in total. The first kappa shape index (κ1) is 15.0. The Kier molecular flexibility index (Phi) is 4.32. The Hall–Kier alpha value is -0.930. The molecule has 1 aromatic carbocycles. The number of nitrogens with zero attached hydrogens (tertiary/aromatic N) is 1. The number of piperazine rings is 1. The quantitative estimate of drug-likeness (QED) is 0.915. The number of halogens is 1. The van der Waals surface area contributed by atoms with Crippen molar-refractivity contribution < 1.29 is 4.39 Å². The second kappa shape index (κ2) is 6.05.